The van der Waals surface area contributed by atoms with Crippen molar-refractivity contribution in [3.05, 3.63) is 145 Å². The summed E-state index contributed by atoms with van der Waals surface area (Å²) in [5, 5.41) is 0. The summed E-state index contributed by atoms with van der Waals surface area (Å²) in [6, 6.07) is 33.3. The van der Waals surface area contributed by atoms with E-state index in [2.05, 4.69) is 0 Å². The molecule has 0 radical (unpaired) electrons. The quantitative estimate of drug-likeness (QED) is 0.138. The fraction of sp³-hybridized carbons (Fsp3) is 0. The molecular formula is C36H27F3N4O3. The standard InChI is InChI=1S/C36H27F3N4O3/c37-31-16-1-22(40)19-34(31)44-28-10-4-25(5-11-28)43(26-6-12-29(13-7-26)45-35-20-23(41)2-17-32(35)38)27-8-14-30(15-9-27)46-36-21-24(42)3-18-33(36)39/h1-21H,40-42H2. The van der Waals surface area contributed by atoms with Gasteiger partial charge in [0.1, 0.15) is 17.2 Å². The second kappa shape index (κ2) is 12.7. The van der Waals surface area contributed by atoms with E-state index in [-0.39, 0.29) is 17.2 Å². The van der Waals surface area contributed by atoms with Crippen LogP contribution in [-0.2, 0) is 0 Å². The number of rotatable bonds is 9. The van der Waals surface area contributed by atoms with Gasteiger partial charge in [-0.25, -0.2) is 13.2 Å². The van der Waals surface area contributed by atoms with Crippen molar-refractivity contribution in [1.29, 1.82) is 0 Å². The fourth-order valence-electron chi connectivity index (χ4n) is 4.61. The van der Waals surface area contributed by atoms with Crippen molar-refractivity contribution in [3.63, 3.8) is 0 Å². The van der Waals surface area contributed by atoms with Gasteiger partial charge >= 0.3 is 0 Å². The van der Waals surface area contributed by atoms with E-state index in [0.717, 1.165) is 17.1 Å². The third-order valence-electron chi connectivity index (χ3n) is 6.83. The first kappa shape index (κ1) is 29.8. The van der Waals surface area contributed by atoms with Crippen LogP contribution in [0.1, 0.15) is 0 Å². The number of nitrogen functional groups attached to an aromatic ring is 3. The van der Waals surface area contributed by atoms with Crippen LogP contribution in [0.25, 0.3) is 0 Å². The number of nitrogens with zero attached hydrogens (tertiary/aromatic N) is 1. The normalized spacial score (nSPS) is 10.8. The predicted molar refractivity (Wildman–Crippen MR) is 174 cm³/mol. The zero-order chi connectivity index (χ0) is 32.2. The van der Waals surface area contributed by atoms with E-state index in [0.29, 0.717) is 34.3 Å². The van der Waals surface area contributed by atoms with Crippen molar-refractivity contribution in [2.45, 2.75) is 0 Å². The van der Waals surface area contributed by atoms with Crippen molar-refractivity contribution in [1.82, 2.24) is 0 Å². The number of anilines is 6. The lowest BCUT2D eigenvalue weighted by atomic mass is 10.1. The first-order valence-electron chi connectivity index (χ1n) is 14.0. The van der Waals surface area contributed by atoms with Crippen LogP contribution in [0.4, 0.5) is 47.3 Å². The van der Waals surface area contributed by atoms with Crippen LogP contribution in [0.3, 0.4) is 0 Å². The van der Waals surface area contributed by atoms with Crippen LogP contribution >= 0.6 is 0 Å². The average Bonchev–Trinajstić information content (AvgIpc) is 3.05. The molecule has 0 spiro atoms. The van der Waals surface area contributed by atoms with Crippen LogP contribution < -0.4 is 36.3 Å². The summed E-state index contributed by atoms with van der Waals surface area (Å²) >= 11 is 0. The number of halogens is 3. The minimum atomic E-state index is -0.541. The van der Waals surface area contributed by atoms with Crippen LogP contribution in [0.15, 0.2) is 127 Å². The van der Waals surface area contributed by atoms with Crippen molar-refractivity contribution < 1.29 is 27.4 Å². The molecule has 6 rings (SSSR count). The Kier molecular flexibility index (Phi) is 8.25. The van der Waals surface area contributed by atoms with Gasteiger partial charge < -0.3 is 36.3 Å². The van der Waals surface area contributed by atoms with E-state index in [1.165, 1.54) is 54.6 Å². The molecule has 0 aliphatic carbocycles. The molecule has 0 aliphatic heterocycles. The van der Waals surface area contributed by atoms with Gasteiger partial charge in [-0.15, -0.1) is 0 Å². The Hall–Kier alpha value is -6.29. The van der Waals surface area contributed by atoms with Crippen molar-refractivity contribution in [2.75, 3.05) is 22.1 Å². The maximum atomic E-state index is 14.3. The van der Waals surface area contributed by atoms with Gasteiger partial charge in [-0.05, 0) is 109 Å². The molecule has 6 aromatic rings. The molecule has 0 heterocycles. The van der Waals surface area contributed by atoms with E-state index in [1.807, 2.05) is 4.90 Å². The topological polar surface area (TPSA) is 109 Å². The highest BCUT2D eigenvalue weighted by atomic mass is 19.1. The maximum absolute atomic E-state index is 14.3. The zero-order valence-corrected chi connectivity index (χ0v) is 24.2. The third-order valence-corrected chi connectivity index (χ3v) is 6.83. The van der Waals surface area contributed by atoms with E-state index in [4.69, 9.17) is 31.4 Å². The number of hydrogen-bond acceptors (Lipinski definition) is 7. The monoisotopic (exact) mass is 620 g/mol. The first-order valence-corrected chi connectivity index (χ1v) is 14.0. The minimum absolute atomic E-state index is 0.00371. The zero-order valence-electron chi connectivity index (χ0n) is 24.2. The molecule has 230 valence electrons. The Balaban J connectivity index is 1.31. The molecule has 10 heteroatoms. The number of hydrogen-bond donors (Lipinski definition) is 3. The summed E-state index contributed by atoms with van der Waals surface area (Å²) in [5.74, 6) is -0.420. The Labute approximate surface area is 262 Å². The van der Waals surface area contributed by atoms with E-state index in [9.17, 15) is 13.2 Å². The number of ether oxygens (including phenoxy) is 3. The summed E-state index contributed by atoms with van der Waals surface area (Å²) in [5.41, 5.74) is 20.7. The molecular weight excluding hydrogens is 593 g/mol. The largest absolute Gasteiger partial charge is 0.454 e. The smallest absolute Gasteiger partial charge is 0.165 e. The fourth-order valence-corrected chi connectivity index (χ4v) is 4.61. The summed E-state index contributed by atoms with van der Waals surface area (Å²) in [7, 11) is 0. The SMILES string of the molecule is Nc1ccc(F)c(Oc2ccc(N(c3ccc(Oc4cc(N)ccc4F)cc3)c3ccc(Oc4cc(N)ccc4F)cc3)cc2)c1. The molecule has 7 nitrogen and oxygen atoms in total. The van der Waals surface area contributed by atoms with Crippen molar-refractivity contribution >= 4 is 34.1 Å². The van der Waals surface area contributed by atoms with Crippen molar-refractivity contribution in [2.24, 2.45) is 0 Å². The molecule has 0 bridgehead atoms. The lowest BCUT2D eigenvalue weighted by Crippen LogP contribution is -2.09. The van der Waals surface area contributed by atoms with Gasteiger partial charge in [0.2, 0.25) is 0 Å². The van der Waals surface area contributed by atoms with Crippen LogP contribution in [0, 0.1) is 17.5 Å². The summed E-state index contributed by atoms with van der Waals surface area (Å²) in [4.78, 5) is 1.93. The molecule has 0 atom stereocenters. The van der Waals surface area contributed by atoms with Crippen LogP contribution in [0.5, 0.6) is 34.5 Å². The molecule has 0 aromatic heterocycles. The first-order chi connectivity index (χ1) is 22.2. The Morgan fingerprint density at radius 1 is 0.370 bits per heavy atom. The molecule has 0 saturated heterocycles. The lowest BCUT2D eigenvalue weighted by molar-refractivity contribution is 0.442. The van der Waals surface area contributed by atoms with Crippen molar-refractivity contribution in [3.8, 4) is 34.5 Å². The van der Waals surface area contributed by atoms with Crippen LogP contribution in [-0.4, -0.2) is 0 Å². The Bertz CT molecular complexity index is 1760. The van der Waals surface area contributed by atoms with E-state index in [1.54, 1.807) is 72.8 Å². The maximum Gasteiger partial charge on any atom is 0.165 e. The Morgan fingerprint density at radius 2 is 0.630 bits per heavy atom. The Morgan fingerprint density at radius 3 is 0.891 bits per heavy atom. The van der Waals surface area contributed by atoms with Gasteiger partial charge in [-0.1, -0.05) is 0 Å². The molecule has 46 heavy (non-hydrogen) atoms. The molecule has 6 aromatic carbocycles. The van der Waals surface area contributed by atoms with Gasteiger partial charge in [0.25, 0.3) is 0 Å². The number of nitrogens with two attached hydrogens (primary N) is 3. The number of benzene rings is 6. The molecule has 0 aliphatic rings. The molecule has 0 unspecified atom stereocenters. The summed E-state index contributed by atoms with van der Waals surface area (Å²) in [6.45, 7) is 0. The molecule has 0 fully saturated rings. The van der Waals surface area contributed by atoms with Crippen LogP contribution in [0.2, 0.25) is 0 Å². The minimum Gasteiger partial charge on any atom is -0.454 e. The van der Waals surface area contributed by atoms with E-state index < -0.39 is 17.5 Å². The highest BCUT2D eigenvalue weighted by molar-refractivity contribution is 5.77. The second-order valence-electron chi connectivity index (χ2n) is 10.2. The van der Waals surface area contributed by atoms with Gasteiger partial charge in [0.15, 0.2) is 34.7 Å². The summed E-state index contributed by atoms with van der Waals surface area (Å²) in [6.07, 6.45) is 0. The summed E-state index contributed by atoms with van der Waals surface area (Å²) < 4.78 is 60.0. The van der Waals surface area contributed by atoms with Gasteiger partial charge in [-0.2, -0.15) is 0 Å². The van der Waals surface area contributed by atoms with Gasteiger partial charge in [0.05, 0.1) is 0 Å². The average molecular weight is 621 g/mol. The second-order valence-corrected chi connectivity index (χ2v) is 10.2. The lowest BCUT2D eigenvalue weighted by Gasteiger charge is -2.26. The third kappa shape index (κ3) is 6.76. The highest BCUT2D eigenvalue weighted by Crippen LogP contribution is 2.39. The molecule has 0 saturated carbocycles. The highest BCUT2D eigenvalue weighted by Gasteiger charge is 2.15. The predicted octanol–water partition coefficient (Wildman–Crippen LogP) is 9.70. The molecule has 0 amide bonds. The van der Waals surface area contributed by atoms with Gasteiger partial charge in [0, 0.05) is 52.3 Å². The molecule has 6 N–H and O–H groups in total. The van der Waals surface area contributed by atoms with Gasteiger partial charge in [-0.3, -0.25) is 0 Å². The van der Waals surface area contributed by atoms with E-state index >= 15 is 0 Å².